The molecule has 0 saturated carbocycles. The van der Waals surface area contributed by atoms with Crippen LogP contribution >= 0.6 is 0 Å². The van der Waals surface area contributed by atoms with Crippen molar-refractivity contribution < 1.29 is 17.1 Å². The van der Waals surface area contributed by atoms with Crippen LogP contribution in [0.25, 0.3) is 0 Å². The van der Waals surface area contributed by atoms with Gasteiger partial charge >= 0.3 is 98.4 Å². The summed E-state index contributed by atoms with van der Waals surface area (Å²) < 4.78 is 3.55. The summed E-state index contributed by atoms with van der Waals surface area (Å²) in [5.74, 6) is 3.23. The van der Waals surface area contributed by atoms with E-state index in [1.165, 1.54) is 12.8 Å². The predicted molar refractivity (Wildman–Crippen MR) is 57.6 cm³/mol. The first-order valence-corrected chi connectivity index (χ1v) is 7.43. The topological polar surface area (TPSA) is 0 Å². The Morgan fingerprint density at radius 3 is 1.67 bits per heavy atom. The van der Waals surface area contributed by atoms with Crippen LogP contribution in [-0.2, 0) is 17.1 Å². The van der Waals surface area contributed by atoms with Crippen LogP contribution in [0.1, 0.15) is 12.8 Å². The van der Waals surface area contributed by atoms with Gasteiger partial charge in [-0.2, -0.15) is 0 Å². The summed E-state index contributed by atoms with van der Waals surface area (Å²) in [6.45, 7) is 0. The number of allylic oxidation sites excluding steroid dienone is 8. The minimum absolute atomic E-state index is 0.589. The van der Waals surface area contributed by atoms with E-state index in [0.29, 0.717) is 17.1 Å². The van der Waals surface area contributed by atoms with Gasteiger partial charge in [0, 0.05) is 0 Å². The Morgan fingerprint density at radius 2 is 1.33 bits per heavy atom. The van der Waals surface area contributed by atoms with Gasteiger partial charge in [0.05, 0.1) is 0 Å². The molecule has 0 radical (unpaired) electrons. The molecule has 0 amide bonds. The molecular weight excluding hydrogens is 271 g/mol. The molecule has 0 fully saturated rings. The van der Waals surface area contributed by atoms with Crippen molar-refractivity contribution in [2.45, 2.75) is 12.8 Å². The van der Waals surface area contributed by atoms with Crippen LogP contribution in [0.5, 0.6) is 0 Å². The van der Waals surface area contributed by atoms with Gasteiger partial charge in [-0.25, -0.2) is 0 Å². The second kappa shape index (κ2) is 3.04. The van der Waals surface area contributed by atoms with Gasteiger partial charge in [-0.15, -0.1) is 0 Å². The second-order valence-electron chi connectivity index (χ2n) is 4.92. The zero-order valence-electron chi connectivity index (χ0n) is 8.52. The van der Waals surface area contributed by atoms with Gasteiger partial charge < -0.3 is 0 Å². The molecule has 4 aliphatic rings. The molecule has 0 aromatic heterocycles. The van der Waals surface area contributed by atoms with Crippen molar-refractivity contribution in [2.24, 2.45) is 23.7 Å². The zero-order valence-corrected chi connectivity index (χ0v) is 10.2. The molecule has 4 unspecified atom stereocenters. The van der Waals surface area contributed by atoms with Crippen LogP contribution in [0.2, 0.25) is 0 Å². The van der Waals surface area contributed by atoms with Gasteiger partial charge in [0.25, 0.3) is 0 Å². The van der Waals surface area contributed by atoms with Crippen molar-refractivity contribution in [1.82, 2.24) is 0 Å². The second-order valence-corrected chi connectivity index (χ2v) is 7.22. The van der Waals surface area contributed by atoms with E-state index >= 15 is 0 Å². The SMILES string of the molecule is C1=CC2CC1C=[C]2[Rh][C]1=CC2C=CC1C2. The molecule has 0 saturated heterocycles. The van der Waals surface area contributed by atoms with E-state index in [1.54, 1.807) is 8.33 Å². The van der Waals surface area contributed by atoms with Crippen LogP contribution < -0.4 is 0 Å². The van der Waals surface area contributed by atoms with Crippen LogP contribution in [0, 0.1) is 23.7 Å². The monoisotopic (exact) mass is 285 g/mol. The summed E-state index contributed by atoms with van der Waals surface area (Å²) in [4.78, 5) is 0. The summed E-state index contributed by atoms with van der Waals surface area (Å²) in [5.41, 5.74) is 0. The van der Waals surface area contributed by atoms with Gasteiger partial charge in [-0.1, -0.05) is 0 Å². The summed E-state index contributed by atoms with van der Waals surface area (Å²) >= 11 is 0.589. The molecule has 0 heterocycles. The van der Waals surface area contributed by atoms with Gasteiger partial charge in [-0.05, 0) is 0 Å². The Balaban J connectivity index is 1.54. The maximum atomic E-state index is 2.55. The molecule has 0 nitrogen and oxygen atoms in total. The fraction of sp³-hybridized carbons (Fsp3) is 0.429. The molecule has 1 heteroatoms. The van der Waals surface area contributed by atoms with E-state index in [1.807, 2.05) is 0 Å². The number of hydrogen-bond acceptors (Lipinski definition) is 0. The Labute approximate surface area is 98.4 Å². The van der Waals surface area contributed by atoms with E-state index in [-0.39, 0.29) is 0 Å². The molecule has 4 atom stereocenters. The third kappa shape index (κ3) is 1.29. The average molecular weight is 285 g/mol. The van der Waals surface area contributed by atoms with E-state index in [2.05, 4.69) is 36.5 Å². The molecule has 79 valence electrons. The van der Waals surface area contributed by atoms with Crippen molar-refractivity contribution in [3.8, 4) is 0 Å². The van der Waals surface area contributed by atoms with Crippen molar-refractivity contribution >= 4 is 0 Å². The Kier molecular flexibility index (Phi) is 1.77. The van der Waals surface area contributed by atoms with Gasteiger partial charge in [-0.3, -0.25) is 0 Å². The molecule has 0 N–H and O–H groups in total. The van der Waals surface area contributed by atoms with Crippen molar-refractivity contribution in [1.29, 1.82) is 0 Å². The molecule has 4 bridgehead atoms. The third-order valence-corrected chi connectivity index (χ3v) is 6.54. The zero-order chi connectivity index (χ0) is 9.83. The number of fused-ring (bicyclic) bond motifs is 4. The van der Waals surface area contributed by atoms with E-state index in [4.69, 9.17) is 0 Å². The summed E-state index contributed by atoms with van der Waals surface area (Å²) in [5, 5.41) is 0. The van der Waals surface area contributed by atoms with Crippen molar-refractivity contribution in [3.63, 3.8) is 0 Å². The van der Waals surface area contributed by atoms with Crippen LogP contribution in [0.3, 0.4) is 0 Å². The number of hydrogen-bond donors (Lipinski definition) is 0. The summed E-state index contributed by atoms with van der Waals surface area (Å²) in [6, 6.07) is 0. The minimum atomic E-state index is 0.589. The predicted octanol–water partition coefficient (Wildman–Crippen LogP) is 3.25. The first-order valence-electron chi connectivity index (χ1n) is 5.79. The Hall–Kier alpha value is -0.417. The molecule has 0 aromatic carbocycles. The Bertz CT molecular complexity index is 385. The van der Waals surface area contributed by atoms with E-state index < -0.39 is 0 Å². The molecule has 0 aromatic rings. The molecule has 4 aliphatic carbocycles. The van der Waals surface area contributed by atoms with Gasteiger partial charge in [0.2, 0.25) is 0 Å². The molecule has 0 spiro atoms. The fourth-order valence-corrected chi connectivity index (χ4v) is 5.85. The molecule has 4 rings (SSSR count). The van der Waals surface area contributed by atoms with Gasteiger partial charge in [0.15, 0.2) is 0 Å². The molecule has 15 heavy (non-hydrogen) atoms. The summed E-state index contributed by atoms with van der Waals surface area (Å²) in [6.07, 6.45) is 17.5. The molecule has 0 aliphatic heterocycles. The maximum absolute atomic E-state index is 2.55. The van der Waals surface area contributed by atoms with Crippen LogP contribution in [0.4, 0.5) is 0 Å². The van der Waals surface area contributed by atoms with Crippen LogP contribution in [0.15, 0.2) is 44.8 Å². The molecular formula is C14H14Rh. The first-order chi connectivity index (χ1) is 7.38. The fourth-order valence-electron chi connectivity index (χ4n) is 3.02. The number of rotatable bonds is 2. The Morgan fingerprint density at radius 1 is 0.800 bits per heavy atom. The first kappa shape index (κ1) is 8.70. The standard InChI is InChI=1S/2C7H7.Rh/c2*1-2-7-4-3-6(1)5-7;/h2*1-3,6-7H,5H2;. The third-order valence-electron chi connectivity index (χ3n) is 3.83. The van der Waals surface area contributed by atoms with Gasteiger partial charge in [0.1, 0.15) is 0 Å². The van der Waals surface area contributed by atoms with Crippen molar-refractivity contribution in [3.05, 3.63) is 44.8 Å². The van der Waals surface area contributed by atoms with E-state index in [9.17, 15) is 0 Å². The van der Waals surface area contributed by atoms with Crippen molar-refractivity contribution in [2.75, 3.05) is 0 Å². The summed E-state index contributed by atoms with van der Waals surface area (Å²) in [7, 11) is 0. The van der Waals surface area contributed by atoms with E-state index in [0.717, 1.165) is 23.7 Å². The van der Waals surface area contributed by atoms with Crippen LogP contribution in [-0.4, -0.2) is 0 Å². The average Bonchev–Trinajstić information content (AvgIpc) is 2.96. The normalized spacial score (nSPS) is 44.3. The quantitative estimate of drug-likeness (QED) is 0.539.